The molecule has 11 nitrogen and oxygen atoms in total. The summed E-state index contributed by atoms with van der Waals surface area (Å²) in [7, 11) is 0. The summed E-state index contributed by atoms with van der Waals surface area (Å²) in [6, 6.07) is 2.92. The van der Waals surface area contributed by atoms with Gasteiger partial charge < -0.3 is 39.2 Å². The van der Waals surface area contributed by atoms with Crippen molar-refractivity contribution in [3.8, 4) is 5.88 Å². The molecule has 0 aliphatic carbocycles. The summed E-state index contributed by atoms with van der Waals surface area (Å²) in [5.74, 6) is -1.75. The molecule has 0 unspecified atom stereocenters. The molecule has 210 valence electrons. The number of aliphatic hydroxyl groups excluding tert-OH is 2. The van der Waals surface area contributed by atoms with Crippen LogP contribution in [0.15, 0.2) is 18.2 Å². The Morgan fingerprint density at radius 3 is 2.41 bits per heavy atom. The van der Waals surface area contributed by atoms with Crippen molar-refractivity contribution in [1.29, 1.82) is 0 Å². The summed E-state index contributed by atoms with van der Waals surface area (Å²) in [6.07, 6.45) is -11.8. The van der Waals surface area contributed by atoms with Crippen LogP contribution >= 0.6 is 0 Å². The lowest BCUT2D eigenvalue weighted by Gasteiger charge is -2.40. The largest absolute Gasteiger partial charge is 0.468 e. The maximum Gasteiger partial charge on any atom is 0.433 e. The summed E-state index contributed by atoms with van der Waals surface area (Å²) in [5, 5.41) is 23.1. The van der Waals surface area contributed by atoms with E-state index in [-0.39, 0.29) is 33.0 Å². The highest BCUT2D eigenvalue weighted by atomic mass is 19.4. The molecule has 0 radical (unpaired) electrons. The molecule has 1 fully saturated rings. The van der Waals surface area contributed by atoms with Crippen LogP contribution < -0.4 is 10.1 Å². The predicted octanol–water partition coefficient (Wildman–Crippen LogP) is 0.848. The Bertz CT molecular complexity index is 895. The number of ether oxygens (including phenoxy) is 5. The number of hydrogen-bond acceptors (Lipinski definition) is 10. The fourth-order valence-corrected chi connectivity index (χ4v) is 3.25. The summed E-state index contributed by atoms with van der Waals surface area (Å²) in [5.41, 5.74) is -1.84. The van der Waals surface area contributed by atoms with E-state index in [1.54, 1.807) is 20.8 Å². The fraction of sp³-hybridized carbons (Fsp3) is 0.696. The fourth-order valence-electron chi connectivity index (χ4n) is 3.25. The minimum atomic E-state index is -4.73. The lowest BCUT2D eigenvalue weighted by Crippen LogP contribution is -2.63. The van der Waals surface area contributed by atoms with Crippen LogP contribution in [0.5, 0.6) is 5.88 Å². The van der Waals surface area contributed by atoms with Crippen LogP contribution in [0.25, 0.3) is 0 Å². The Kier molecular flexibility index (Phi) is 11.1. The number of amides is 1. The Labute approximate surface area is 212 Å². The number of pyridine rings is 1. The van der Waals surface area contributed by atoms with Crippen molar-refractivity contribution in [3.63, 3.8) is 0 Å². The topological polar surface area (TPSA) is 146 Å². The number of nitrogens with zero attached hydrogens (tertiary/aromatic N) is 1. The Balaban J connectivity index is 1.84. The van der Waals surface area contributed by atoms with Crippen molar-refractivity contribution in [3.05, 3.63) is 23.9 Å². The van der Waals surface area contributed by atoms with E-state index in [4.69, 9.17) is 23.7 Å². The van der Waals surface area contributed by atoms with E-state index < -0.39 is 65.7 Å². The van der Waals surface area contributed by atoms with Gasteiger partial charge in [-0.2, -0.15) is 13.2 Å². The van der Waals surface area contributed by atoms with Crippen molar-refractivity contribution < 1.29 is 56.7 Å². The van der Waals surface area contributed by atoms with E-state index in [1.807, 2.05) is 0 Å². The first-order chi connectivity index (χ1) is 17.2. The van der Waals surface area contributed by atoms with Gasteiger partial charge in [-0.25, -0.2) is 9.78 Å². The second-order valence-electron chi connectivity index (χ2n) is 9.23. The molecule has 2 rings (SSSR count). The number of aliphatic hydroxyl groups is 2. The van der Waals surface area contributed by atoms with Crippen LogP contribution in [0.2, 0.25) is 0 Å². The average Bonchev–Trinajstić information content (AvgIpc) is 2.79. The van der Waals surface area contributed by atoms with Gasteiger partial charge in [0.15, 0.2) is 12.2 Å². The molecule has 0 spiro atoms. The van der Waals surface area contributed by atoms with Gasteiger partial charge in [0.1, 0.15) is 30.1 Å². The highest BCUT2D eigenvalue weighted by molar-refractivity contribution is 5.81. The van der Waals surface area contributed by atoms with E-state index >= 15 is 0 Å². The molecule has 37 heavy (non-hydrogen) atoms. The van der Waals surface area contributed by atoms with Crippen LogP contribution in [0.1, 0.15) is 33.4 Å². The van der Waals surface area contributed by atoms with Gasteiger partial charge in [0.2, 0.25) is 5.88 Å². The smallest absolute Gasteiger partial charge is 0.433 e. The Morgan fingerprint density at radius 1 is 1.08 bits per heavy atom. The molecular formula is C23H33F3N2O9. The molecule has 2 heterocycles. The lowest BCUT2D eigenvalue weighted by molar-refractivity contribution is -0.211. The van der Waals surface area contributed by atoms with Gasteiger partial charge in [0.05, 0.1) is 25.9 Å². The maximum atomic E-state index is 13.0. The van der Waals surface area contributed by atoms with Gasteiger partial charge in [0, 0.05) is 12.6 Å². The maximum absolute atomic E-state index is 13.0. The van der Waals surface area contributed by atoms with Crippen LogP contribution in [0.3, 0.4) is 0 Å². The molecule has 3 N–H and O–H groups in total. The van der Waals surface area contributed by atoms with E-state index in [1.165, 1.54) is 6.92 Å². The number of hydrogen-bond donors (Lipinski definition) is 3. The van der Waals surface area contributed by atoms with Gasteiger partial charge in [-0.3, -0.25) is 4.79 Å². The highest BCUT2D eigenvalue weighted by Gasteiger charge is 2.47. The van der Waals surface area contributed by atoms with Crippen LogP contribution in [-0.4, -0.2) is 96.2 Å². The zero-order chi connectivity index (χ0) is 27.8. The molecule has 1 saturated heterocycles. The minimum Gasteiger partial charge on any atom is -0.468 e. The normalized spacial score (nSPS) is 24.4. The van der Waals surface area contributed by atoms with Crippen LogP contribution in [0, 0.1) is 0 Å². The second-order valence-corrected chi connectivity index (χ2v) is 9.23. The van der Waals surface area contributed by atoms with Gasteiger partial charge in [-0.05, 0) is 33.8 Å². The molecule has 1 aromatic heterocycles. The van der Waals surface area contributed by atoms with Crippen molar-refractivity contribution >= 4 is 11.9 Å². The van der Waals surface area contributed by atoms with E-state index in [9.17, 15) is 33.0 Å². The summed E-state index contributed by atoms with van der Waals surface area (Å²) >= 11 is 0. The van der Waals surface area contributed by atoms with Crippen molar-refractivity contribution in [2.24, 2.45) is 0 Å². The van der Waals surface area contributed by atoms with Gasteiger partial charge in [-0.1, -0.05) is 6.07 Å². The number of alkyl halides is 3. The van der Waals surface area contributed by atoms with E-state index in [0.717, 1.165) is 18.2 Å². The molecule has 0 bridgehead atoms. The molecule has 1 amide bonds. The third kappa shape index (κ3) is 10.0. The summed E-state index contributed by atoms with van der Waals surface area (Å²) in [4.78, 5) is 27.6. The first-order valence-corrected chi connectivity index (χ1v) is 11.6. The SMILES string of the molecule is C[C@H]1O[C@H](C(=O)NCCOCCOCC(=O)OC(C)(C)C)[C@H](Oc2cccc(C(F)(F)F)n2)[C@@H](O)[C@H]1O. The first kappa shape index (κ1) is 30.7. The number of carbonyl (C=O) groups excluding carboxylic acids is 2. The van der Waals surface area contributed by atoms with Crippen LogP contribution in [0.4, 0.5) is 13.2 Å². The number of esters is 1. The molecule has 1 aliphatic heterocycles. The highest BCUT2D eigenvalue weighted by Crippen LogP contribution is 2.30. The zero-order valence-electron chi connectivity index (χ0n) is 21.0. The second kappa shape index (κ2) is 13.3. The molecule has 1 aromatic rings. The van der Waals surface area contributed by atoms with Gasteiger partial charge >= 0.3 is 12.1 Å². The van der Waals surface area contributed by atoms with E-state index in [0.29, 0.717) is 0 Å². The first-order valence-electron chi connectivity index (χ1n) is 11.6. The van der Waals surface area contributed by atoms with Crippen molar-refractivity contribution in [2.75, 3.05) is 33.0 Å². The Morgan fingerprint density at radius 2 is 1.76 bits per heavy atom. The molecule has 1 aliphatic rings. The molecular weight excluding hydrogens is 505 g/mol. The number of rotatable bonds is 11. The standard InChI is InChI=1S/C23H33F3N2O9/c1-13-17(30)18(31)19(36-15-7-5-6-14(28-15)23(24,25)26)20(35-13)21(32)27-8-9-33-10-11-34-12-16(29)37-22(2,3)4/h5-7,13,17-20,30-31H,8-12H2,1-4H3,(H,27,32)/t13-,17+,18+,19-,20+/m1/s1. The minimum absolute atomic E-state index is 0.0202. The molecule has 14 heteroatoms. The number of aromatic nitrogens is 1. The van der Waals surface area contributed by atoms with Crippen molar-refractivity contribution in [2.45, 2.75) is 70.0 Å². The molecule has 0 saturated carbocycles. The lowest BCUT2D eigenvalue weighted by atomic mass is 9.95. The summed E-state index contributed by atoms with van der Waals surface area (Å²) in [6.45, 7) is 6.73. The zero-order valence-corrected chi connectivity index (χ0v) is 21.0. The third-order valence-electron chi connectivity index (χ3n) is 4.91. The quantitative estimate of drug-likeness (QED) is 0.274. The predicted molar refractivity (Wildman–Crippen MR) is 120 cm³/mol. The third-order valence-corrected chi connectivity index (χ3v) is 4.91. The van der Waals surface area contributed by atoms with Crippen molar-refractivity contribution in [1.82, 2.24) is 10.3 Å². The molecule has 0 aromatic carbocycles. The number of carbonyl (C=O) groups is 2. The average molecular weight is 539 g/mol. The van der Waals surface area contributed by atoms with E-state index in [2.05, 4.69) is 10.3 Å². The monoisotopic (exact) mass is 538 g/mol. The van der Waals surface area contributed by atoms with Gasteiger partial charge in [-0.15, -0.1) is 0 Å². The van der Waals surface area contributed by atoms with Gasteiger partial charge in [0.25, 0.3) is 5.91 Å². The molecule has 5 atom stereocenters. The number of nitrogens with one attached hydrogen (secondary N) is 1. The van der Waals surface area contributed by atoms with Crippen LogP contribution in [-0.2, 0) is 34.7 Å². The summed E-state index contributed by atoms with van der Waals surface area (Å²) < 4.78 is 65.3. The number of halogens is 3. The Hall–Kier alpha value is -2.52.